The molecule has 0 radical (unpaired) electrons. The van der Waals surface area contributed by atoms with Crippen molar-refractivity contribution in [2.45, 2.75) is 33.1 Å². The Labute approximate surface area is 51.7 Å². The number of unbranched alkanes of at least 4 members (excludes halogenated alkanes) is 2. The van der Waals surface area contributed by atoms with Gasteiger partial charge in [-0.05, 0) is 0 Å². The highest BCUT2D eigenvalue weighted by Crippen LogP contribution is 1.88. The van der Waals surface area contributed by atoms with Crippen molar-refractivity contribution >= 4 is 0 Å². The fourth-order valence-corrected chi connectivity index (χ4v) is 0.354. The van der Waals surface area contributed by atoms with Crippen LogP contribution in [-0.2, 0) is 0 Å². The van der Waals surface area contributed by atoms with Crippen LogP contribution in [0.3, 0.4) is 0 Å². The first kappa shape index (κ1) is 10.8. The molecule has 0 fully saturated rings. The van der Waals surface area contributed by atoms with Crippen molar-refractivity contribution in [3.05, 3.63) is 0 Å². The number of hydrogen-bond acceptors (Lipinski definition) is 2. The van der Waals surface area contributed by atoms with Gasteiger partial charge in [0.1, 0.15) is 0 Å². The van der Waals surface area contributed by atoms with E-state index in [4.69, 9.17) is 5.11 Å². The molecule has 0 atom stereocenters. The normalized spacial score (nSPS) is 7.50. The Kier molecular flexibility index (Phi) is 21.3. The number of aliphatic hydroxyl groups excluding tert-OH is 1. The minimum atomic E-state index is -0.250. The molecule has 52 valence electrons. The van der Waals surface area contributed by atoms with Crippen LogP contribution in [0.25, 0.3) is 0 Å². The van der Waals surface area contributed by atoms with E-state index in [1.165, 1.54) is 19.3 Å². The second-order valence-electron chi connectivity index (χ2n) is 1.54. The third kappa shape index (κ3) is 38.9. The van der Waals surface area contributed by atoms with E-state index in [9.17, 15) is 0 Å². The molecule has 0 heterocycles. The second-order valence-corrected chi connectivity index (χ2v) is 1.54. The maximum Gasteiger partial charge on any atom is 0.0906 e. The molecule has 0 unspecified atom stereocenters. The van der Waals surface area contributed by atoms with Gasteiger partial charge in [-0.1, -0.05) is 33.1 Å². The molecule has 2 heteroatoms. The largest absolute Gasteiger partial charge is 0.382 e. The zero-order valence-corrected chi connectivity index (χ0v) is 5.85. The molecule has 8 heavy (non-hydrogen) atoms. The van der Waals surface area contributed by atoms with Crippen molar-refractivity contribution in [1.82, 2.24) is 0 Å². The molecule has 0 aliphatic carbocycles. The van der Waals surface area contributed by atoms with E-state index in [1.54, 1.807) is 0 Å². The van der Waals surface area contributed by atoms with E-state index in [2.05, 4.69) is 19.6 Å². The molecule has 0 amide bonds. The predicted octanol–water partition coefficient (Wildman–Crippen LogP) is 1.09. The Balaban J connectivity index is 0. The summed E-state index contributed by atoms with van der Waals surface area (Å²) in [6.45, 7) is 4.17. The Bertz CT molecular complexity index is 22.5. The maximum atomic E-state index is 7.35. The van der Waals surface area contributed by atoms with Crippen LogP contribution in [0.4, 0.5) is 0 Å². The first-order chi connectivity index (χ1) is 3.83. The highest BCUT2D eigenvalue weighted by molar-refractivity contribution is 4.24. The van der Waals surface area contributed by atoms with Crippen molar-refractivity contribution in [3.8, 4) is 0 Å². The van der Waals surface area contributed by atoms with Gasteiger partial charge in [-0.15, -0.1) is 0 Å². The van der Waals surface area contributed by atoms with E-state index in [0.717, 1.165) is 0 Å². The van der Waals surface area contributed by atoms with Crippen LogP contribution < -0.4 is 5.73 Å². The van der Waals surface area contributed by atoms with Gasteiger partial charge in [-0.3, -0.25) is 0 Å². The lowest BCUT2D eigenvalue weighted by atomic mass is 10.3. The van der Waals surface area contributed by atoms with Gasteiger partial charge in [0.05, 0.1) is 6.73 Å². The van der Waals surface area contributed by atoms with E-state index < -0.39 is 0 Å². The Morgan fingerprint density at radius 1 is 1.25 bits per heavy atom. The Morgan fingerprint density at radius 2 is 1.50 bits per heavy atom. The number of hydrogen-bond donors (Lipinski definition) is 2. The SMILES string of the molecule is CCCCC.NCO. The third-order valence-corrected chi connectivity index (χ3v) is 0.707. The highest BCUT2D eigenvalue weighted by Gasteiger charge is 1.68. The predicted molar refractivity (Wildman–Crippen MR) is 36.5 cm³/mol. The topological polar surface area (TPSA) is 46.2 Å². The molecule has 0 spiro atoms. The number of aliphatic hydroxyl groups is 1. The summed E-state index contributed by atoms with van der Waals surface area (Å²) in [6.07, 6.45) is 4.08. The zero-order chi connectivity index (χ0) is 6.83. The smallest absolute Gasteiger partial charge is 0.0906 e. The lowest BCUT2D eigenvalue weighted by molar-refractivity contribution is 0.307. The van der Waals surface area contributed by atoms with Crippen LogP contribution in [0.15, 0.2) is 0 Å². The zero-order valence-electron chi connectivity index (χ0n) is 5.85. The summed E-state index contributed by atoms with van der Waals surface area (Å²) in [5, 5.41) is 7.35. The monoisotopic (exact) mass is 119 g/mol. The van der Waals surface area contributed by atoms with Gasteiger partial charge in [-0.25, -0.2) is 0 Å². The van der Waals surface area contributed by atoms with Gasteiger partial charge in [0.25, 0.3) is 0 Å². The standard InChI is InChI=1S/C5H12.CH5NO/c1-3-5-4-2;2-1-3/h3-5H2,1-2H3;3H,1-2H2. The molecular weight excluding hydrogens is 102 g/mol. The Hall–Kier alpha value is -0.0800. The molecule has 0 aromatic rings. The summed E-state index contributed by atoms with van der Waals surface area (Å²) in [4.78, 5) is 0. The molecule has 0 aromatic heterocycles. The van der Waals surface area contributed by atoms with E-state index in [1.807, 2.05) is 0 Å². The molecule has 0 rings (SSSR count). The van der Waals surface area contributed by atoms with Crippen LogP contribution in [0, 0.1) is 0 Å². The number of nitrogens with two attached hydrogens (primary N) is 1. The quantitative estimate of drug-likeness (QED) is 0.534. The van der Waals surface area contributed by atoms with Crippen molar-refractivity contribution < 1.29 is 5.11 Å². The first-order valence-electron chi connectivity index (χ1n) is 3.14. The van der Waals surface area contributed by atoms with Crippen molar-refractivity contribution in [2.75, 3.05) is 6.73 Å². The first-order valence-corrected chi connectivity index (χ1v) is 3.14. The average Bonchev–Trinajstić information content (AvgIpc) is 1.71. The number of rotatable bonds is 2. The minimum absolute atomic E-state index is 0.250. The van der Waals surface area contributed by atoms with Gasteiger partial charge in [-0.2, -0.15) is 0 Å². The maximum absolute atomic E-state index is 7.35. The highest BCUT2D eigenvalue weighted by atomic mass is 16.3. The van der Waals surface area contributed by atoms with Gasteiger partial charge in [0.2, 0.25) is 0 Å². The van der Waals surface area contributed by atoms with Crippen LogP contribution in [0.2, 0.25) is 0 Å². The molecule has 0 aromatic carbocycles. The van der Waals surface area contributed by atoms with Crippen LogP contribution >= 0.6 is 0 Å². The lowest BCUT2D eigenvalue weighted by Gasteiger charge is -1.79. The molecule has 0 aliphatic heterocycles. The summed E-state index contributed by atoms with van der Waals surface area (Å²) in [5.41, 5.74) is 4.40. The summed E-state index contributed by atoms with van der Waals surface area (Å²) in [6, 6.07) is 0. The van der Waals surface area contributed by atoms with Gasteiger partial charge in [0, 0.05) is 0 Å². The van der Waals surface area contributed by atoms with Crippen LogP contribution in [-0.4, -0.2) is 11.8 Å². The summed E-state index contributed by atoms with van der Waals surface area (Å²) >= 11 is 0. The minimum Gasteiger partial charge on any atom is -0.382 e. The molecule has 0 aliphatic rings. The van der Waals surface area contributed by atoms with Crippen LogP contribution in [0.1, 0.15) is 33.1 Å². The average molecular weight is 119 g/mol. The summed E-state index contributed by atoms with van der Waals surface area (Å²) in [5.74, 6) is 0. The lowest BCUT2D eigenvalue weighted by Crippen LogP contribution is -1.92. The Morgan fingerprint density at radius 3 is 1.50 bits per heavy atom. The van der Waals surface area contributed by atoms with E-state index >= 15 is 0 Å². The molecule has 2 nitrogen and oxygen atoms in total. The van der Waals surface area contributed by atoms with Crippen molar-refractivity contribution in [3.63, 3.8) is 0 Å². The second kappa shape index (κ2) is 15.8. The van der Waals surface area contributed by atoms with E-state index in [0.29, 0.717) is 0 Å². The summed E-state index contributed by atoms with van der Waals surface area (Å²) < 4.78 is 0. The molecule has 3 N–H and O–H groups in total. The van der Waals surface area contributed by atoms with Crippen molar-refractivity contribution in [2.24, 2.45) is 5.73 Å². The third-order valence-electron chi connectivity index (χ3n) is 0.707. The van der Waals surface area contributed by atoms with E-state index in [-0.39, 0.29) is 6.73 Å². The van der Waals surface area contributed by atoms with Gasteiger partial charge in [0.15, 0.2) is 0 Å². The molecule has 0 saturated heterocycles. The van der Waals surface area contributed by atoms with Gasteiger partial charge < -0.3 is 10.8 Å². The summed E-state index contributed by atoms with van der Waals surface area (Å²) in [7, 11) is 0. The van der Waals surface area contributed by atoms with Crippen molar-refractivity contribution in [1.29, 1.82) is 0 Å². The fourth-order valence-electron chi connectivity index (χ4n) is 0.354. The van der Waals surface area contributed by atoms with Gasteiger partial charge >= 0.3 is 0 Å². The molecular formula is C6H17NO. The fraction of sp³-hybridized carbons (Fsp3) is 1.00. The molecule has 0 saturated carbocycles. The molecule has 0 bridgehead atoms. The van der Waals surface area contributed by atoms with Crippen LogP contribution in [0.5, 0.6) is 0 Å².